The van der Waals surface area contributed by atoms with Crippen LogP contribution in [-0.4, -0.2) is 40.7 Å². The van der Waals surface area contributed by atoms with Crippen LogP contribution in [0, 0.1) is 0 Å². The molecule has 1 atom stereocenters. The fourth-order valence-electron chi connectivity index (χ4n) is 1.65. The Hall–Kier alpha value is -0.580. The second-order valence-electron chi connectivity index (χ2n) is 3.90. The van der Waals surface area contributed by atoms with Gasteiger partial charge in [-0.25, -0.2) is 0 Å². The quantitative estimate of drug-likeness (QED) is 0.762. The molecule has 0 bridgehead atoms. The lowest BCUT2D eigenvalue weighted by Gasteiger charge is -2.31. The van der Waals surface area contributed by atoms with Crippen LogP contribution in [0.1, 0.15) is 26.7 Å². The van der Waals surface area contributed by atoms with Crippen LogP contribution in [-0.2, 0) is 9.59 Å². The summed E-state index contributed by atoms with van der Waals surface area (Å²) in [5.74, 6) is 0.143. The standard InChI is InChI=1S/C10H17BrN2O2/c1-7(11)10(15)12-9-3-5-13(6-4-9)8(2)14/h7,9H,3-6H2,1-2H3,(H,12,15). The second-order valence-corrected chi connectivity index (χ2v) is 5.28. The molecule has 1 fully saturated rings. The Morgan fingerprint density at radius 1 is 1.40 bits per heavy atom. The summed E-state index contributed by atoms with van der Waals surface area (Å²) in [7, 11) is 0. The van der Waals surface area contributed by atoms with Gasteiger partial charge in [-0.05, 0) is 19.8 Å². The molecule has 1 heterocycles. The highest BCUT2D eigenvalue weighted by Gasteiger charge is 2.22. The van der Waals surface area contributed by atoms with Crippen molar-refractivity contribution in [3.8, 4) is 0 Å². The molecule has 2 amide bonds. The van der Waals surface area contributed by atoms with Gasteiger partial charge in [0.15, 0.2) is 0 Å². The number of nitrogens with one attached hydrogen (secondary N) is 1. The van der Waals surface area contributed by atoms with Crippen molar-refractivity contribution in [1.82, 2.24) is 10.2 Å². The van der Waals surface area contributed by atoms with E-state index in [1.807, 2.05) is 4.90 Å². The molecule has 1 rings (SSSR count). The molecule has 4 nitrogen and oxygen atoms in total. The van der Waals surface area contributed by atoms with E-state index in [1.165, 1.54) is 0 Å². The molecular formula is C10H17BrN2O2. The highest BCUT2D eigenvalue weighted by Crippen LogP contribution is 2.11. The number of nitrogens with zero attached hydrogens (tertiary/aromatic N) is 1. The molecule has 0 aromatic rings. The van der Waals surface area contributed by atoms with E-state index in [9.17, 15) is 9.59 Å². The molecule has 0 saturated carbocycles. The lowest BCUT2D eigenvalue weighted by atomic mass is 10.0. The summed E-state index contributed by atoms with van der Waals surface area (Å²) in [6.45, 7) is 4.88. The van der Waals surface area contributed by atoms with E-state index in [4.69, 9.17) is 0 Å². The Balaban J connectivity index is 2.32. The molecule has 1 aliphatic rings. The van der Waals surface area contributed by atoms with Gasteiger partial charge in [0.05, 0.1) is 4.83 Å². The third-order valence-electron chi connectivity index (χ3n) is 2.65. The summed E-state index contributed by atoms with van der Waals surface area (Å²) >= 11 is 3.23. The van der Waals surface area contributed by atoms with Crippen LogP contribution < -0.4 is 5.32 Å². The van der Waals surface area contributed by atoms with E-state index in [1.54, 1.807) is 13.8 Å². The molecule has 0 aliphatic carbocycles. The van der Waals surface area contributed by atoms with E-state index in [-0.39, 0.29) is 22.7 Å². The third-order valence-corrected chi connectivity index (χ3v) is 3.06. The number of alkyl halides is 1. The Morgan fingerprint density at radius 2 is 1.93 bits per heavy atom. The Morgan fingerprint density at radius 3 is 2.33 bits per heavy atom. The first-order chi connectivity index (χ1) is 7.00. The van der Waals surface area contributed by atoms with E-state index >= 15 is 0 Å². The Labute approximate surface area is 98.5 Å². The third kappa shape index (κ3) is 3.81. The molecule has 5 heteroatoms. The van der Waals surface area contributed by atoms with Crippen molar-refractivity contribution in [3.05, 3.63) is 0 Å². The summed E-state index contributed by atoms with van der Waals surface area (Å²) in [5.41, 5.74) is 0. The largest absolute Gasteiger partial charge is 0.352 e. The average molecular weight is 277 g/mol. The Bertz CT molecular complexity index is 248. The van der Waals surface area contributed by atoms with Gasteiger partial charge in [0.2, 0.25) is 11.8 Å². The van der Waals surface area contributed by atoms with Crippen LogP contribution in [0.2, 0.25) is 0 Å². The minimum atomic E-state index is -0.150. The molecule has 0 aromatic carbocycles. The van der Waals surface area contributed by atoms with E-state index in [0.717, 1.165) is 25.9 Å². The molecule has 0 aromatic heterocycles. The van der Waals surface area contributed by atoms with Gasteiger partial charge in [0.25, 0.3) is 0 Å². The number of rotatable bonds is 2. The van der Waals surface area contributed by atoms with Crippen molar-refractivity contribution in [2.75, 3.05) is 13.1 Å². The number of carbonyl (C=O) groups excluding carboxylic acids is 2. The molecule has 1 aliphatic heterocycles. The van der Waals surface area contributed by atoms with Crippen LogP contribution >= 0.6 is 15.9 Å². The fraction of sp³-hybridized carbons (Fsp3) is 0.800. The molecule has 1 saturated heterocycles. The summed E-state index contributed by atoms with van der Waals surface area (Å²) in [4.78, 5) is 24.1. The topological polar surface area (TPSA) is 49.4 Å². The summed E-state index contributed by atoms with van der Waals surface area (Å²) in [6, 6.07) is 0.216. The van der Waals surface area contributed by atoms with Gasteiger partial charge in [-0.15, -0.1) is 0 Å². The van der Waals surface area contributed by atoms with E-state index in [0.29, 0.717) is 0 Å². The van der Waals surface area contributed by atoms with Crippen LogP contribution in [0.4, 0.5) is 0 Å². The highest BCUT2D eigenvalue weighted by atomic mass is 79.9. The normalized spacial score (nSPS) is 19.8. The maximum Gasteiger partial charge on any atom is 0.233 e. The zero-order valence-electron chi connectivity index (χ0n) is 9.12. The van der Waals surface area contributed by atoms with Crippen molar-refractivity contribution < 1.29 is 9.59 Å². The second kappa shape index (κ2) is 5.49. The number of halogens is 1. The minimum absolute atomic E-state index is 0.0243. The zero-order chi connectivity index (χ0) is 11.4. The van der Waals surface area contributed by atoms with Gasteiger partial charge < -0.3 is 10.2 Å². The van der Waals surface area contributed by atoms with Crippen molar-refractivity contribution in [1.29, 1.82) is 0 Å². The highest BCUT2D eigenvalue weighted by molar-refractivity contribution is 9.10. The number of hydrogen-bond acceptors (Lipinski definition) is 2. The first-order valence-corrected chi connectivity index (χ1v) is 6.12. The number of hydrogen-bond donors (Lipinski definition) is 1. The smallest absolute Gasteiger partial charge is 0.233 e. The summed E-state index contributed by atoms with van der Waals surface area (Å²) in [5, 5.41) is 2.95. The molecule has 0 spiro atoms. The number of amides is 2. The van der Waals surface area contributed by atoms with Crippen molar-refractivity contribution in [2.45, 2.75) is 37.6 Å². The van der Waals surface area contributed by atoms with Crippen molar-refractivity contribution in [2.24, 2.45) is 0 Å². The van der Waals surface area contributed by atoms with E-state index < -0.39 is 0 Å². The predicted molar refractivity (Wildman–Crippen MR) is 61.8 cm³/mol. The van der Waals surface area contributed by atoms with Gasteiger partial charge in [-0.1, -0.05) is 15.9 Å². The maximum absolute atomic E-state index is 11.4. The monoisotopic (exact) mass is 276 g/mol. The number of likely N-dealkylation sites (tertiary alicyclic amines) is 1. The average Bonchev–Trinajstić information content (AvgIpc) is 2.18. The number of carbonyl (C=O) groups is 2. The van der Waals surface area contributed by atoms with E-state index in [2.05, 4.69) is 21.2 Å². The SMILES string of the molecule is CC(=O)N1CCC(NC(=O)C(C)Br)CC1. The van der Waals surface area contributed by atoms with Crippen molar-refractivity contribution >= 4 is 27.7 Å². The van der Waals surface area contributed by atoms with Gasteiger partial charge in [0.1, 0.15) is 0 Å². The lowest BCUT2D eigenvalue weighted by molar-refractivity contribution is -0.130. The minimum Gasteiger partial charge on any atom is -0.352 e. The van der Waals surface area contributed by atoms with Crippen LogP contribution in [0.15, 0.2) is 0 Å². The first kappa shape index (κ1) is 12.5. The maximum atomic E-state index is 11.4. The first-order valence-electron chi connectivity index (χ1n) is 5.20. The zero-order valence-corrected chi connectivity index (χ0v) is 10.7. The molecule has 0 radical (unpaired) electrons. The lowest BCUT2D eigenvalue weighted by Crippen LogP contribution is -2.47. The summed E-state index contributed by atoms with van der Waals surface area (Å²) < 4.78 is 0. The molecule has 15 heavy (non-hydrogen) atoms. The van der Waals surface area contributed by atoms with Gasteiger partial charge >= 0.3 is 0 Å². The molecule has 1 N–H and O–H groups in total. The molecule has 86 valence electrons. The van der Waals surface area contributed by atoms with Crippen LogP contribution in [0.5, 0.6) is 0 Å². The van der Waals surface area contributed by atoms with Crippen LogP contribution in [0.3, 0.4) is 0 Å². The van der Waals surface area contributed by atoms with Gasteiger partial charge in [-0.3, -0.25) is 9.59 Å². The summed E-state index contributed by atoms with van der Waals surface area (Å²) in [6.07, 6.45) is 1.70. The Kier molecular flexibility index (Phi) is 4.57. The van der Waals surface area contributed by atoms with Gasteiger partial charge in [0, 0.05) is 26.1 Å². The predicted octanol–water partition coefficient (Wildman–Crippen LogP) is 0.897. The molecule has 1 unspecified atom stereocenters. The fourth-order valence-corrected chi connectivity index (χ4v) is 1.79. The van der Waals surface area contributed by atoms with Crippen LogP contribution in [0.25, 0.3) is 0 Å². The molecular weight excluding hydrogens is 260 g/mol. The number of piperidine rings is 1. The van der Waals surface area contributed by atoms with Crippen molar-refractivity contribution in [3.63, 3.8) is 0 Å². The van der Waals surface area contributed by atoms with Gasteiger partial charge in [-0.2, -0.15) is 0 Å².